The lowest BCUT2D eigenvalue weighted by Crippen LogP contribution is -2.41. The van der Waals surface area contributed by atoms with Gasteiger partial charge in [-0.1, -0.05) is 17.7 Å². The van der Waals surface area contributed by atoms with E-state index in [0.717, 1.165) is 16.7 Å². The molecule has 1 rings (SSSR count). The Hall–Kier alpha value is -1.88. The van der Waals surface area contributed by atoms with Gasteiger partial charge in [0.2, 0.25) is 0 Å². The highest BCUT2D eigenvalue weighted by atomic mass is 16.4. The van der Waals surface area contributed by atoms with Crippen molar-refractivity contribution in [2.75, 3.05) is 6.61 Å². The highest BCUT2D eigenvalue weighted by molar-refractivity contribution is 5.99. The standard InChI is InChI=1S/C14H19NO4/c1-8-6-9(2)12(10(3)7-8)13(17)15-11(4-5-16)14(18)19/h6-7,11,16H,4-5H2,1-3H3,(H,15,17)(H,18,19)/t11-/m0/s1. The van der Waals surface area contributed by atoms with Gasteiger partial charge in [0.15, 0.2) is 0 Å². The largest absolute Gasteiger partial charge is 0.480 e. The molecule has 104 valence electrons. The van der Waals surface area contributed by atoms with Crippen molar-refractivity contribution >= 4 is 11.9 Å². The van der Waals surface area contributed by atoms with Gasteiger partial charge in [-0.15, -0.1) is 0 Å². The third kappa shape index (κ3) is 3.79. The zero-order valence-electron chi connectivity index (χ0n) is 11.4. The van der Waals surface area contributed by atoms with E-state index in [9.17, 15) is 9.59 Å². The molecule has 3 N–H and O–H groups in total. The fraction of sp³-hybridized carbons (Fsp3) is 0.429. The summed E-state index contributed by atoms with van der Waals surface area (Å²) in [7, 11) is 0. The zero-order chi connectivity index (χ0) is 14.6. The van der Waals surface area contributed by atoms with Crippen LogP contribution in [0.5, 0.6) is 0 Å². The number of carbonyl (C=O) groups is 2. The van der Waals surface area contributed by atoms with Crippen LogP contribution in [0.2, 0.25) is 0 Å². The van der Waals surface area contributed by atoms with E-state index in [1.165, 1.54) is 0 Å². The number of aliphatic carboxylic acids is 1. The highest BCUT2D eigenvalue weighted by Gasteiger charge is 2.21. The Morgan fingerprint density at radius 2 is 1.74 bits per heavy atom. The second-order valence-electron chi connectivity index (χ2n) is 4.65. The number of aryl methyl sites for hydroxylation is 3. The zero-order valence-corrected chi connectivity index (χ0v) is 11.4. The fourth-order valence-corrected chi connectivity index (χ4v) is 2.16. The van der Waals surface area contributed by atoms with Crippen molar-refractivity contribution < 1.29 is 19.8 Å². The lowest BCUT2D eigenvalue weighted by atomic mass is 9.99. The topological polar surface area (TPSA) is 86.6 Å². The quantitative estimate of drug-likeness (QED) is 0.746. The number of carboxylic acids is 1. The van der Waals surface area contributed by atoms with Crippen LogP contribution in [0.1, 0.15) is 33.5 Å². The molecule has 0 unspecified atom stereocenters. The molecule has 5 heteroatoms. The number of hydrogen-bond donors (Lipinski definition) is 3. The summed E-state index contributed by atoms with van der Waals surface area (Å²) in [6, 6.07) is 2.69. The molecule has 0 radical (unpaired) electrons. The first-order chi connectivity index (χ1) is 8.86. The molecule has 1 atom stereocenters. The number of carbonyl (C=O) groups excluding carboxylic acids is 1. The van der Waals surface area contributed by atoms with Crippen LogP contribution in [0.25, 0.3) is 0 Å². The van der Waals surface area contributed by atoms with Gasteiger partial charge in [0.25, 0.3) is 5.91 Å². The van der Waals surface area contributed by atoms with Crippen molar-refractivity contribution in [1.29, 1.82) is 0 Å². The van der Waals surface area contributed by atoms with Crippen LogP contribution < -0.4 is 5.32 Å². The van der Waals surface area contributed by atoms with Gasteiger partial charge in [0.1, 0.15) is 6.04 Å². The van der Waals surface area contributed by atoms with E-state index < -0.39 is 17.9 Å². The molecule has 1 amide bonds. The molecule has 1 aromatic carbocycles. The van der Waals surface area contributed by atoms with Crippen LogP contribution in [0.15, 0.2) is 12.1 Å². The maximum Gasteiger partial charge on any atom is 0.326 e. The van der Waals surface area contributed by atoms with Gasteiger partial charge in [0.05, 0.1) is 0 Å². The van der Waals surface area contributed by atoms with E-state index in [1.807, 2.05) is 32.9 Å². The number of rotatable bonds is 5. The minimum Gasteiger partial charge on any atom is -0.480 e. The molecule has 0 aliphatic heterocycles. The Labute approximate surface area is 112 Å². The van der Waals surface area contributed by atoms with Crippen molar-refractivity contribution in [2.45, 2.75) is 33.2 Å². The minimum absolute atomic E-state index is 0.00890. The molecular weight excluding hydrogens is 246 g/mol. The van der Waals surface area contributed by atoms with Crippen molar-refractivity contribution in [3.05, 3.63) is 34.4 Å². The molecule has 0 saturated carbocycles. The van der Waals surface area contributed by atoms with Crippen LogP contribution >= 0.6 is 0 Å². The van der Waals surface area contributed by atoms with E-state index in [0.29, 0.717) is 5.56 Å². The monoisotopic (exact) mass is 265 g/mol. The summed E-state index contributed by atoms with van der Waals surface area (Å²) in [6.07, 6.45) is -0.00890. The summed E-state index contributed by atoms with van der Waals surface area (Å²) >= 11 is 0. The Balaban J connectivity index is 2.98. The fourth-order valence-electron chi connectivity index (χ4n) is 2.16. The molecule has 0 fully saturated rings. The summed E-state index contributed by atoms with van der Waals surface area (Å²) in [5.41, 5.74) is 3.16. The maximum absolute atomic E-state index is 12.1. The number of benzene rings is 1. The highest BCUT2D eigenvalue weighted by Crippen LogP contribution is 2.16. The molecule has 19 heavy (non-hydrogen) atoms. The molecular formula is C14H19NO4. The molecule has 0 bridgehead atoms. The third-order valence-electron chi connectivity index (χ3n) is 2.93. The second-order valence-corrected chi connectivity index (χ2v) is 4.65. The van der Waals surface area contributed by atoms with Crippen LogP contribution in [0.4, 0.5) is 0 Å². The summed E-state index contributed by atoms with van der Waals surface area (Å²) in [5.74, 6) is -1.57. The van der Waals surface area contributed by atoms with Crippen molar-refractivity contribution in [3.8, 4) is 0 Å². The number of aliphatic hydroxyl groups is 1. The summed E-state index contributed by atoms with van der Waals surface area (Å²) in [5, 5.41) is 20.2. The first-order valence-electron chi connectivity index (χ1n) is 6.09. The van der Waals surface area contributed by atoms with Crippen LogP contribution in [0, 0.1) is 20.8 Å². The number of aliphatic hydroxyl groups excluding tert-OH is 1. The van der Waals surface area contributed by atoms with E-state index in [1.54, 1.807) is 0 Å². The summed E-state index contributed by atoms with van der Waals surface area (Å²) in [6.45, 7) is 5.28. The first kappa shape index (κ1) is 15.2. The smallest absolute Gasteiger partial charge is 0.326 e. The number of hydrogen-bond acceptors (Lipinski definition) is 3. The molecule has 5 nitrogen and oxygen atoms in total. The third-order valence-corrected chi connectivity index (χ3v) is 2.93. The lowest BCUT2D eigenvalue weighted by Gasteiger charge is -2.16. The average Bonchev–Trinajstić information content (AvgIpc) is 2.26. The van der Waals surface area contributed by atoms with E-state index in [2.05, 4.69) is 5.32 Å². The predicted molar refractivity (Wildman–Crippen MR) is 71.2 cm³/mol. The Morgan fingerprint density at radius 1 is 1.21 bits per heavy atom. The van der Waals surface area contributed by atoms with Gasteiger partial charge >= 0.3 is 5.97 Å². The molecule has 0 saturated heterocycles. The summed E-state index contributed by atoms with van der Waals surface area (Å²) in [4.78, 5) is 23.1. The van der Waals surface area contributed by atoms with Gasteiger partial charge in [-0.3, -0.25) is 4.79 Å². The molecule has 0 aliphatic carbocycles. The van der Waals surface area contributed by atoms with Gasteiger partial charge in [-0.05, 0) is 31.9 Å². The second kappa shape index (κ2) is 6.33. The number of nitrogens with one attached hydrogen (secondary N) is 1. The lowest BCUT2D eigenvalue weighted by molar-refractivity contribution is -0.139. The predicted octanol–water partition coefficient (Wildman–Crippen LogP) is 1.18. The van der Waals surface area contributed by atoms with Gasteiger partial charge in [0, 0.05) is 18.6 Å². The van der Waals surface area contributed by atoms with Crippen molar-refractivity contribution in [1.82, 2.24) is 5.32 Å². The normalized spacial score (nSPS) is 12.0. The van der Waals surface area contributed by atoms with Crippen LogP contribution in [0.3, 0.4) is 0 Å². The Morgan fingerprint density at radius 3 is 2.16 bits per heavy atom. The molecule has 0 aromatic heterocycles. The van der Waals surface area contributed by atoms with Gasteiger partial charge in [-0.25, -0.2) is 4.79 Å². The number of amides is 1. The van der Waals surface area contributed by atoms with Gasteiger partial charge < -0.3 is 15.5 Å². The van der Waals surface area contributed by atoms with Crippen molar-refractivity contribution in [2.24, 2.45) is 0 Å². The molecule has 0 spiro atoms. The molecule has 0 heterocycles. The average molecular weight is 265 g/mol. The van der Waals surface area contributed by atoms with Crippen LogP contribution in [-0.4, -0.2) is 34.7 Å². The number of carboxylic acid groups (broad SMARTS) is 1. The molecule has 1 aromatic rings. The van der Waals surface area contributed by atoms with Crippen LogP contribution in [-0.2, 0) is 4.79 Å². The molecule has 0 aliphatic rings. The minimum atomic E-state index is -1.15. The Kier molecular flexibility index (Phi) is 5.06. The summed E-state index contributed by atoms with van der Waals surface area (Å²) < 4.78 is 0. The van der Waals surface area contributed by atoms with Crippen molar-refractivity contribution in [3.63, 3.8) is 0 Å². The van der Waals surface area contributed by atoms with Gasteiger partial charge in [-0.2, -0.15) is 0 Å². The SMILES string of the molecule is Cc1cc(C)c(C(=O)N[C@@H](CCO)C(=O)O)c(C)c1. The van der Waals surface area contributed by atoms with E-state index in [-0.39, 0.29) is 13.0 Å². The Bertz CT molecular complexity index is 473. The van der Waals surface area contributed by atoms with E-state index in [4.69, 9.17) is 10.2 Å². The first-order valence-corrected chi connectivity index (χ1v) is 6.09. The van der Waals surface area contributed by atoms with E-state index >= 15 is 0 Å². The maximum atomic E-state index is 12.1.